The molecule has 3 nitrogen and oxygen atoms in total. The number of hydrogen-bond acceptors (Lipinski definition) is 3. The molecule has 5 heteroatoms. The molecule has 1 unspecified atom stereocenters. The number of thioether (sulfide) groups is 1. The fourth-order valence-corrected chi connectivity index (χ4v) is 3.85. The Balaban J connectivity index is 2.28. The number of hydrogen-bond donors (Lipinski definition) is 1. The average Bonchev–Trinajstić information content (AvgIpc) is 2.81. The van der Waals surface area contributed by atoms with Crippen LogP contribution in [0.25, 0.3) is 0 Å². The lowest BCUT2D eigenvalue weighted by molar-refractivity contribution is -0.131. The molecule has 1 aromatic rings. The summed E-state index contributed by atoms with van der Waals surface area (Å²) in [5.74, 6) is 0.472. The van der Waals surface area contributed by atoms with E-state index < -0.39 is 11.8 Å². The van der Waals surface area contributed by atoms with Crippen molar-refractivity contribution in [3.05, 3.63) is 33.8 Å². The molecular weight excluding hydrogens is 304 g/mol. The molecule has 1 aliphatic rings. The van der Waals surface area contributed by atoms with Gasteiger partial charge in [-0.3, -0.25) is 4.79 Å². The third-order valence-corrected chi connectivity index (χ3v) is 4.68. The van der Waals surface area contributed by atoms with Gasteiger partial charge < -0.3 is 5.11 Å². The quantitative estimate of drug-likeness (QED) is 0.688. The Morgan fingerprint density at radius 1 is 1.41 bits per heavy atom. The Morgan fingerprint density at radius 2 is 2.18 bits per heavy atom. The number of carboxylic acids is 1. The molecule has 17 heavy (non-hydrogen) atoms. The van der Waals surface area contributed by atoms with E-state index in [2.05, 4.69) is 15.9 Å². The van der Waals surface area contributed by atoms with Gasteiger partial charge in [0.15, 0.2) is 0 Å². The van der Waals surface area contributed by atoms with Crippen LogP contribution < -0.4 is 0 Å². The zero-order chi connectivity index (χ0) is 12.4. The first-order chi connectivity index (χ1) is 8.09. The van der Waals surface area contributed by atoms with Crippen LogP contribution in [0.1, 0.15) is 28.3 Å². The Kier molecular flexibility index (Phi) is 3.89. The van der Waals surface area contributed by atoms with Gasteiger partial charge in [0.25, 0.3) is 5.78 Å². The van der Waals surface area contributed by atoms with E-state index in [0.717, 1.165) is 28.0 Å². The summed E-state index contributed by atoms with van der Waals surface area (Å²) >= 11 is 5.34. The summed E-state index contributed by atoms with van der Waals surface area (Å²) in [7, 11) is 0. The molecule has 0 bridgehead atoms. The van der Waals surface area contributed by atoms with Crippen molar-refractivity contribution in [3.8, 4) is 0 Å². The molecule has 0 amide bonds. The van der Waals surface area contributed by atoms with E-state index in [1.54, 1.807) is 12.1 Å². The molecular formula is C12H11BrO3S. The van der Waals surface area contributed by atoms with Crippen molar-refractivity contribution in [3.63, 3.8) is 0 Å². The Labute approximate surface area is 112 Å². The fraction of sp³-hybridized carbons (Fsp3) is 0.333. The molecule has 1 saturated heterocycles. The molecule has 1 fully saturated rings. The topological polar surface area (TPSA) is 54.4 Å². The number of carbonyl (C=O) groups is 2. The van der Waals surface area contributed by atoms with Crippen LogP contribution >= 0.6 is 27.7 Å². The maximum Gasteiger partial charge on any atom is 0.377 e. The van der Waals surface area contributed by atoms with Gasteiger partial charge >= 0.3 is 5.97 Å². The summed E-state index contributed by atoms with van der Waals surface area (Å²) < 4.78 is 0.831. The minimum Gasteiger partial charge on any atom is -0.475 e. The van der Waals surface area contributed by atoms with Gasteiger partial charge in [0.05, 0.1) is 0 Å². The molecule has 1 aromatic carbocycles. The Hall–Kier alpha value is -0.810. The molecule has 0 saturated carbocycles. The van der Waals surface area contributed by atoms with Crippen molar-refractivity contribution in [1.82, 2.24) is 0 Å². The minimum atomic E-state index is -1.42. The van der Waals surface area contributed by atoms with Gasteiger partial charge in [-0.25, -0.2) is 4.79 Å². The van der Waals surface area contributed by atoms with E-state index in [9.17, 15) is 9.59 Å². The largest absolute Gasteiger partial charge is 0.475 e. The maximum absolute atomic E-state index is 11.3. The van der Waals surface area contributed by atoms with Crippen LogP contribution in [-0.2, 0) is 4.79 Å². The number of ketones is 1. The van der Waals surface area contributed by atoms with Crippen molar-refractivity contribution in [2.45, 2.75) is 12.3 Å². The average molecular weight is 315 g/mol. The molecule has 1 heterocycles. The van der Waals surface area contributed by atoms with Crippen LogP contribution in [0.15, 0.2) is 22.7 Å². The molecule has 0 spiro atoms. The number of carbonyl (C=O) groups excluding carboxylic acids is 1. The smallest absolute Gasteiger partial charge is 0.377 e. The molecule has 1 N–H and O–H groups in total. The standard InChI is InChI=1S/C12H11BrO3S/c13-10-5-7(11(14)12(15)16)1-2-9(10)8-3-4-17-6-8/h1-2,5,8H,3-4,6H2,(H,15,16). The summed E-state index contributed by atoms with van der Waals surface area (Å²) in [5.41, 5.74) is 1.38. The summed E-state index contributed by atoms with van der Waals surface area (Å²) in [6.45, 7) is 0. The monoisotopic (exact) mass is 314 g/mol. The first kappa shape index (κ1) is 12.6. The number of rotatable bonds is 3. The zero-order valence-electron chi connectivity index (χ0n) is 8.98. The summed E-state index contributed by atoms with van der Waals surface area (Å²) in [4.78, 5) is 21.9. The van der Waals surface area contributed by atoms with Crippen molar-refractivity contribution in [1.29, 1.82) is 0 Å². The van der Waals surface area contributed by atoms with Crippen LogP contribution in [0, 0.1) is 0 Å². The van der Waals surface area contributed by atoms with Crippen molar-refractivity contribution in [2.75, 3.05) is 11.5 Å². The first-order valence-corrected chi connectivity index (χ1v) is 7.19. The molecule has 90 valence electrons. The van der Waals surface area contributed by atoms with Gasteiger partial charge in [-0.15, -0.1) is 0 Å². The Morgan fingerprint density at radius 3 is 2.71 bits per heavy atom. The molecule has 0 aliphatic carbocycles. The summed E-state index contributed by atoms with van der Waals surface area (Å²) in [6, 6.07) is 5.06. The van der Waals surface area contributed by atoms with Crippen LogP contribution in [0.5, 0.6) is 0 Å². The van der Waals surface area contributed by atoms with Gasteiger partial charge in [-0.05, 0) is 29.7 Å². The highest BCUT2D eigenvalue weighted by atomic mass is 79.9. The highest BCUT2D eigenvalue weighted by Gasteiger charge is 2.21. The van der Waals surface area contributed by atoms with E-state index in [1.165, 1.54) is 0 Å². The molecule has 1 atom stereocenters. The predicted octanol–water partition coefficient (Wildman–Crippen LogP) is 2.94. The van der Waals surface area contributed by atoms with Gasteiger partial charge in [0.1, 0.15) is 0 Å². The number of halogens is 1. The van der Waals surface area contributed by atoms with E-state index in [4.69, 9.17) is 5.11 Å². The van der Waals surface area contributed by atoms with E-state index >= 15 is 0 Å². The van der Waals surface area contributed by atoms with Crippen LogP contribution in [0.3, 0.4) is 0 Å². The SMILES string of the molecule is O=C(O)C(=O)c1ccc(C2CCSC2)c(Br)c1. The number of aliphatic carboxylic acids is 1. The van der Waals surface area contributed by atoms with Gasteiger partial charge in [-0.2, -0.15) is 11.8 Å². The number of benzene rings is 1. The molecule has 1 aliphatic heterocycles. The van der Waals surface area contributed by atoms with Crippen LogP contribution in [0.2, 0.25) is 0 Å². The molecule has 2 rings (SSSR count). The van der Waals surface area contributed by atoms with Gasteiger partial charge in [-0.1, -0.05) is 28.1 Å². The lowest BCUT2D eigenvalue weighted by Crippen LogP contribution is -2.13. The van der Waals surface area contributed by atoms with Crippen molar-refractivity contribution in [2.24, 2.45) is 0 Å². The summed E-state index contributed by atoms with van der Waals surface area (Å²) in [5, 5.41) is 8.64. The highest BCUT2D eigenvalue weighted by Crippen LogP contribution is 2.36. The lowest BCUT2D eigenvalue weighted by atomic mass is 9.97. The normalized spacial score (nSPS) is 19.2. The second-order valence-electron chi connectivity index (χ2n) is 3.93. The van der Waals surface area contributed by atoms with Crippen LogP contribution in [-0.4, -0.2) is 28.4 Å². The van der Waals surface area contributed by atoms with Crippen LogP contribution in [0.4, 0.5) is 0 Å². The van der Waals surface area contributed by atoms with E-state index in [-0.39, 0.29) is 5.56 Å². The zero-order valence-corrected chi connectivity index (χ0v) is 11.4. The highest BCUT2D eigenvalue weighted by molar-refractivity contribution is 9.10. The van der Waals surface area contributed by atoms with Gasteiger partial charge in [0, 0.05) is 15.8 Å². The van der Waals surface area contributed by atoms with Gasteiger partial charge in [0.2, 0.25) is 0 Å². The number of carboxylic acid groups (broad SMARTS) is 1. The second-order valence-corrected chi connectivity index (χ2v) is 5.94. The van der Waals surface area contributed by atoms with Crippen molar-refractivity contribution < 1.29 is 14.7 Å². The third kappa shape index (κ3) is 2.72. The lowest BCUT2D eigenvalue weighted by Gasteiger charge is -2.11. The first-order valence-electron chi connectivity index (χ1n) is 5.24. The van der Waals surface area contributed by atoms with E-state index in [0.29, 0.717) is 5.92 Å². The van der Waals surface area contributed by atoms with Crippen molar-refractivity contribution >= 4 is 39.4 Å². The summed E-state index contributed by atoms with van der Waals surface area (Å²) in [6.07, 6.45) is 1.13. The second kappa shape index (κ2) is 5.23. The fourth-order valence-electron chi connectivity index (χ4n) is 1.90. The predicted molar refractivity (Wildman–Crippen MR) is 70.8 cm³/mol. The number of Topliss-reactive ketones (excluding diaryl/α,β-unsaturated/α-hetero) is 1. The molecule has 0 radical (unpaired) electrons. The molecule has 0 aromatic heterocycles. The Bertz CT molecular complexity index is 467. The minimum absolute atomic E-state index is 0.221. The maximum atomic E-state index is 11.3. The third-order valence-electron chi connectivity index (χ3n) is 2.83. The van der Waals surface area contributed by atoms with E-state index in [1.807, 2.05) is 17.8 Å².